The van der Waals surface area contributed by atoms with Crippen molar-refractivity contribution in [3.63, 3.8) is 0 Å². The summed E-state index contributed by atoms with van der Waals surface area (Å²) in [6, 6.07) is 3.06. The number of carboxylic acids is 1. The highest BCUT2D eigenvalue weighted by molar-refractivity contribution is 5.93. The molecule has 98 valence electrons. The molecule has 6 nitrogen and oxygen atoms in total. The Morgan fingerprint density at radius 2 is 2.22 bits per heavy atom. The molecule has 6 heteroatoms. The van der Waals surface area contributed by atoms with E-state index in [1.807, 2.05) is 0 Å². The number of pyridine rings is 1. The minimum absolute atomic E-state index is 0.0774. The van der Waals surface area contributed by atoms with Crippen LogP contribution in [0.25, 0.3) is 0 Å². The third kappa shape index (κ3) is 2.60. The maximum atomic E-state index is 11.1. The zero-order valence-electron chi connectivity index (χ0n) is 9.93. The zero-order valence-corrected chi connectivity index (χ0v) is 9.93. The molecule has 0 unspecified atom stereocenters. The Bertz CT molecular complexity index is 430. The van der Waals surface area contributed by atoms with Gasteiger partial charge in [0.05, 0.1) is 12.1 Å². The highest BCUT2D eigenvalue weighted by Crippen LogP contribution is 2.26. The molecule has 0 aromatic carbocycles. The van der Waals surface area contributed by atoms with Gasteiger partial charge < -0.3 is 20.3 Å². The normalized spacial score (nSPS) is 18.3. The van der Waals surface area contributed by atoms with E-state index in [9.17, 15) is 9.90 Å². The van der Waals surface area contributed by atoms with Crippen LogP contribution in [0, 0.1) is 0 Å². The largest absolute Gasteiger partial charge is 0.478 e. The van der Waals surface area contributed by atoms with Crippen molar-refractivity contribution in [2.24, 2.45) is 0 Å². The Morgan fingerprint density at radius 3 is 2.83 bits per heavy atom. The van der Waals surface area contributed by atoms with Gasteiger partial charge in [0, 0.05) is 19.4 Å². The van der Waals surface area contributed by atoms with Crippen molar-refractivity contribution in [3.8, 4) is 0 Å². The number of rotatable bonds is 4. The van der Waals surface area contributed by atoms with Crippen LogP contribution >= 0.6 is 0 Å². The van der Waals surface area contributed by atoms with Crippen molar-refractivity contribution in [1.82, 2.24) is 4.98 Å². The molecule has 0 aliphatic carbocycles. The first-order valence-electron chi connectivity index (χ1n) is 5.82. The number of aromatic nitrogens is 1. The number of aromatic carboxylic acids is 1. The lowest BCUT2D eigenvalue weighted by atomic mass is 9.91. The van der Waals surface area contributed by atoms with Gasteiger partial charge >= 0.3 is 5.97 Å². The molecule has 0 spiro atoms. The van der Waals surface area contributed by atoms with Crippen molar-refractivity contribution in [2.75, 3.05) is 25.1 Å². The number of carboxylic acid groups (broad SMARTS) is 1. The van der Waals surface area contributed by atoms with E-state index in [4.69, 9.17) is 9.84 Å². The van der Waals surface area contributed by atoms with Crippen molar-refractivity contribution >= 4 is 11.8 Å². The molecule has 1 aliphatic rings. The van der Waals surface area contributed by atoms with E-state index in [1.54, 1.807) is 6.07 Å². The molecular weight excluding hydrogens is 236 g/mol. The molecule has 1 aliphatic heterocycles. The second kappa shape index (κ2) is 5.32. The van der Waals surface area contributed by atoms with Gasteiger partial charge in [-0.1, -0.05) is 0 Å². The summed E-state index contributed by atoms with van der Waals surface area (Å²) in [5, 5.41) is 21.7. The van der Waals surface area contributed by atoms with Crippen molar-refractivity contribution < 1.29 is 19.7 Å². The standard InChI is InChI=1S/C12H16N2O4/c15-8-12(3-6-18-7-4-12)14-10-9(11(16)17)2-1-5-13-10/h1-2,5,15H,3-4,6-8H2,(H,13,14)(H,16,17). The molecule has 2 rings (SSSR count). The van der Waals surface area contributed by atoms with Crippen LogP contribution in [0.3, 0.4) is 0 Å². The summed E-state index contributed by atoms with van der Waals surface area (Å²) in [5.41, 5.74) is -0.437. The van der Waals surface area contributed by atoms with Crippen LogP contribution in [0.15, 0.2) is 18.3 Å². The first-order chi connectivity index (χ1) is 8.67. The van der Waals surface area contributed by atoms with Gasteiger partial charge in [0.25, 0.3) is 0 Å². The molecule has 0 bridgehead atoms. The molecule has 18 heavy (non-hydrogen) atoms. The predicted octanol–water partition coefficient (Wildman–Crippen LogP) is 0.733. The zero-order chi connectivity index (χ0) is 13.0. The molecule has 1 fully saturated rings. The lowest BCUT2D eigenvalue weighted by Gasteiger charge is -2.37. The van der Waals surface area contributed by atoms with Gasteiger partial charge in [-0.2, -0.15) is 0 Å². The fraction of sp³-hybridized carbons (Fsp3) is 0.500. The first kappa shape index (κ1) is 12.8. The van der Waals surface area contributed by atoms with Crippen molar-refractivity contribution in [2.45, 2.75) is 18.4 Å². The fourth-order valence-electron chi connectivity index (χ4n) is 2.01. The molecule has 1 saturated heterocycles. The number of hydrogen-bond acceptors (Lipinski definition) is 5. The molecule has 1 aromatic heterocycles. The van der Waals surface area contributed by atoms with Gasteiger partial charge in [0.1, 0.15) is 11.4 Å². The summed E-state index contributed by atoms with van der Waals surface area (Å²) in [5.74, 6) is -0.744. The Balaban J connectivity index is 2.24. The summed E-state index contributed by atoms with van der Waals surface area (Å²) >= 11 is 0. The minimum Gasteiger partial charge on any atom is -0.478 e. The lowest BCUT2D eigenvalue weighted by Crippen LogP contribution is -2.47. The average Bonchev–Trinajstić information content (AvgIpc) is 2.40. The van der Waals surface area contributed by atoms with Crippen LogP contribution in [0.5, 0.6) is 0 Å². The van der Waals surface area contributed by atoms with Gasteiger partial charge in [-0.25, -0.2) is 9.78 Å². The SMILES string of the molecule is O=C(O)c1cccnc1NC1(CO)CCOCC1. The minimum atomic E-state index is -1.04. The Hall–Kier alpha value is -1.66. The van der Waals surface area contributed by atoms with Crippen LogP contribution in [0.2, 0.25) is 0 Å². The number of ether oxygens (including phenoxy) is 1. The maximum Gasteiger partial charge on any atom is 0.339 e. The van der Waals surface area contributed by atoms with Crippen molar-refractivity contribution in [3.05, 3.63) is 23.9 Å². The van der Waals surface area contributed by atoms with E-state index >= 15 is 0 Å². The van der Waals surface area contributed by atoms with E-state index in [-0.39, 0.29) is 12.2 Å². The molecule has 1 aromatic rings. The first-order valence-corrected chi connectivity index (χ1v) is 5.82. The van der Waals surface area contributed by atoms with Crippen LogP contribution in [0.1, 0.15) is 23.2 Å². The lowest BCUT2D eigenvalue weighted by molar-refractivity contribution is 0.0378. The molecule has 3 N–H and O–H groups in total. The summed E-state index contributed by atoms with van der Waals surface area (Å²) < 4.78 is 5.25. The number of aliphatic hydroxyl groups excluding tert-OH is 1. The van der Waals surface area contributed by atoms with Crippen LogP contribution in [-0.4, -0.2) is 46.5 Å². The quantitative estimate of drug-likeness (QED) is 0.731. The van der Waals surface area contributed by atoms with E-state index in [1.165, 1.54) is 12.3 Å². The van der Waals surface area contributed by atoms with Crippen LogP contribution in [0.4, 0.5) is 5.82 Å². The number of anilines is 1. The van der Waals surface area contributed by atoms with Gasteiger partial charge in [-0.3, -0.25) is 0 Å². The average molecular weight is 252 g/mol. The second-order valence-corrected chi connectivity index (χ2v) is 4.38. The molecule has 0 radical (unpaired) electrons. The Morgan fingerprint density at radius 1 is 1.50 bits per heavy atom. The van der Waals surface area contributed by atoms with Gasteiger partial charge in [0.2, 0.25) is 0 Å². The third-order valence-corrected chi connectivity index (χ3v) is 3.17. The van der Waals surface area contributed by atoms with Gasteiger partial charge in [-0.15, -0.1) is 0 Å². The maximum absolute atomic E-state index is 11.1. The molecule has 2 heterocycles. The van der Waals surface area contributed by atoms with E-state index in [2.05, 4.69) is 10.3 Å². The van der Waals surface area contributed by atoms with E-state index in [0.29, 0.717) is 31.9 Å². The summed E-state index contributed by atoms with van der Waals surface area (Å²) in [4.78, 5) is 15.1. The predicted molar refractivity (Wildman–Crippen MR) is 64.7 cm³/mol. The molecular formula is C12H16N2O4. The number of hydrogen-bond donors (Lipinski definition) is 3. The monoisotopic (exact) mass is 252 g/mol. The molecule has 0 amide bonds. The highest BCUT2D eigenvalue weighted by Gasteiger charge is 2.33. The molecule has 0 atom stereocenters. The number of aliphatic hydroxyl groups is 1. The van der Waals surface area contributed by atoms with Gasteiger partial charge in [-0.05, 0) is 25.0 Å². The number of nitrogens with zero attached hydrogens (tertiary/aromatic N) is 1. The molecule has 0 saturated carbocycles. The fourth-order valence-corrected chi connectivity index (χ4v) is 2.01. The van der Waals surface area contributed by atoms with E-state index < -0.39 is 11.5 Å². The van der Waals surface area contributed by atoms with Crippen molar-refractivity contribution in [1.29, 1.82) is 0 Å². The second-order valence-electron chi connectivity index (χ2n) is 4.38. The number of nitrogens with one attached hydrogen (secondary N) is 1. The Labute approximate surface area is 105 Å². The topological polar surface area (TPSA) is 91.7 Å². The summed E-state index contributed by atoms with van der Waals surface area (Å²) in [7, 11) is 0. The third-order valence-electron chi connectivity index (χ3n) is 3.17. The Kier molecular flexibility index (Phi) is 3.78. The smallest absolute Gasteiger partial charge is 0.339 e. The van der Waals surface area contributed by atoms with Crippen LogP contribution in [-0.2, 0) is 4.74 Å². The highest BCUT2D eigenvalue weighted by atomic mass is 16.5. The van der Waals surface area contributed by atoms with Gasteiger partial charge in [0.15, 0.2) is 0 Å². The number of carbonyl (C=O) groups is 1. The van der Waals surface area contributed by atoms with Crippen LogP contribution < -0.4 is 5.32 Å². The van der Waals surface area contributed by atoms with E-state index in [0.717, 1.165) is 0 Å². The summed E-state index contributed by atoms with van der Waals surface area (Å²) in [6.07, 6.45) is 2.78. The summed E-state index contributed by atoms with van der Waals surface area (Å²) in [6.45, 7) is 1.01.